The smallest absolute Gasteiger partial charge is 0.124 e. The van der Waals surface area contributed by atoms with Gasteiger partial charge in [0.25, 0.3) is 0 Å². The van der Waals surface area contributed by atoms with Gasteiger partial charge in [0.15, 0.2) is 0 Å². The molecule has 3 nitrogen and oxygen atoms in total. The summed E-state index contributed by atoms with van der Waals surface area (Å²) in [5.41, 5.74) is 2.65. The summed E-state index contributed by atoms with van der Waals surface area (Å²) in [6, 6.07) is 13.3. The molecule has 0 N–H and O–H groups in total. The van der Waals surface area contributed by atoms with Gasteiger partial charge in [0, 0.05) is 34.5 Å². The first kappa shape index (κ1) is 15.4. The lowest BCUT2D eigenvalue weighted by molar-refractivity contribution is 0.394. The minimum Gasteiger partial charge on any atom is -0.497 e. The molecule has 0 fully saturated rings. The van der Waals surface area contributed by atoms with Crippen molar-refractivity contribution in [2.45, 2.75) is 13.3 Å². The highest BCUT2D eigenvalue weighted by Gasteiger charge is 2.07. The Labute approximate surface area is 130 Å². The van der Waals surface area contributed by atoms with E-state index in [4.69, 9.17) is 26.1 Å². The van der Waals surface area contributed by atoms with Crippen molar-refractivity contribution in [3.05, 3.63) is 53.1 Å². The van der Waals surface area contributed by atoms with Gasteiger partial charge in [-0.15, -0.1) is 0 Å². The lowest BCUT2D eigenvalue weighted by Crippen LogP contribution is -1.99. The highest BCUT2D eigenvalue weighted by atomic mass is 35.5. The maximum Gasteiger partial charge on any atom is 0.124 e. The van der Waals surface area contributed by atoms with E-state index in [1.165, 1.54) is 0 Å². The Morgan fingerprint density at radius 3 is 2.19 bits per heavy atom. The molecule has 0 aliphatic carbocycles. The van der Waals surface area contributed by atoms with Gasteiger partial charge in [-0.2, -0.15) is 0 Å². The summed E-state index contributed by atoms with van der Waals surface area (Å²) >= 11 is 6.25. The molecule has 2 aromatic carbocycles. The van der Waals surface area contributed by atoms with E-state index in [-0.39, 0.29) is 0 Å². The first-order valence-electron chi connectivity index (χ1n) is 6.73. The second-order valence-electron chi connectivity index (χ2n) is 4.46. The van der Waals surface area contributed by atoms with E-state index < -0.39 is 0 Å². The Bertz CT molecular complexity index is 631. The summed E-state index contributed by atoms with van der Waals surface area (Å²) in [4.78, 5) is 4.70. The fraction of sp³-hybridized carbons (Fsp3) is 0.235. The molecule has 0 heterocycles. The Balaban J connectivity index is 2.47. The number of benzene rings is 2. The summed E-state index contributed by atoms with van der Waals surface area (Å²) in [5, 5.41) is 0.702. The van der Waals surface area contributed by atoms with Gasteiger partial charge in [-0.05, 0) is 12.5 Å². The predicted molar refractivity (Wildman–Crippen MR) is 87.5 cm³/mol. The van der Waals surface area contributed by atoms with E-state index >= 15 is 0 Å². The van der Waals surface area contributed by atoms with Crippen LogP contribution in [0.15, 0.2) is 47.5 Å². The number of halogens is 1. The van der Waals surface area contributed by atoms with Crippen LogP contribution in [0, 0.1) is 0 Å². The predicted octanol–water partition coefficient (Wildman–Crippen LogP) is 4.89. The highest BCUT2D eigenvalue weighted by molar-refractivity contribution is 6.34. The highest BCUT2D eigenvalue weighted by Crippen LogP contribution is 2.29. The molecule has 0 spiro atoms. The van der Waals surface area contributed by atoms with E-state index in [0.717, 1.165) is 23.4 Å². The molecule has 0 radical (unpaired) electrons. The number of rotatable bonds is 5. The Morgan fingerprint density at radius 2 is 1.67 bits per heavy atom. The van der Waals surface area contributed by atoms with Crippen LogP contribution in [-0.4, -0.2) is 19.9 Å². The van der Waals surface area contributed by atoms with Crippen molar-refractivity contribution in [2.24, 2.45) is 4.99 Å². The molecule has 0 saturated carbocycles. The molecular weight excluding hydrogens is 286 g/mol. The Kier molecular flexibility index (Phi) is 5.23. The van der Waals surface area contributed by atoms with Crippen LogP contribution in [0.25, 0.3) is 0 Å². The van der Waals surface area contributed by atoms with Crippen LogP contribution in [0.5, 0.6) is 11.5 Å². The third-order valence-corrected chi connectivity index (χ3v) is 3.45. The fourth-order valence-corrected chi connectivity index (χ4v) is 2.28. The van der Waals surface area contributed by atoms with Crippen LogP contribution >= 0.6 is 11.6 Å². The molecule has 110 valence electrons. The summed E-state index contributed by atoms with van der Waals surface area (Å²) in [6.45, 7) is 2.06. The number of nitrogens with zero attached hydrogens (tertiary/aromatic N) is 1. The van der Waals surface area contributed by atoms with E-state index in [2.05, 4.69) is 6.92 Å². The van der Waals surface area contributed by atoms with Crippen LogP contribution in [-0.2, 0) is 0 Å². The van der Waals surface area contributed by atoms with Crippen LogP contribution < -0.4 is 9.47 Å². The summed E-state index contributed by atoms with van der Waals surface area (Å²) in [5.74, 6) is 1.42. The van der Waals surface area contributed by atoms with Gasteiger partial charge in [0.1, 0.15) is 11.5 Å². The third-order valence-electron chi connectivity index (χ3n) is 3.12. The zero-order chi connectivity index (χ0) is 15.2. The number of methoxy groups -OCH3 is 2. The van der Waals surface area contributed by atoms with Gasteiger partial charge in [0.2, 0.25) is 0 Å². The molecular formula is C17H18ClNO2. The SMILES string of the molecule is CC/C(=N/c1cc(OC)cc(OC)c1)c1ccccc1Cl. The lowest BCUT2D eigenvalue weighted by atomic mass is 10.1. The first-order valence-corrected chi connectivity index (χ1v) is 7.11. The fourth-order valence-electron chi connectivity index (χ4n) is 2.04. The van der Waals surface area contributed by atoms with E-state index in [0.29, 0.717) is 16.5 Å². The zero-order valence-corrected chi connectivity index (χ0v) is 13.1. The van der Waals surface area contributed by atoms with Gasteiger partial charge in [0.05, 0.1) is 19.9 Å². The molecule has 0 unspecified atom stereocenters. The summed E-state index contributed by atoms with van der Waals surface area (Å²) < 4.78 is 10.5. The molecule has 0 aliphatic rings. The number of hydrogen-bond donors (Lipinski definition) is 0. The van der Waals surface area contributed by atoms with Crippen molar-refractivity contribution in [2.75, 3.05) is 14.2 Å². The largest absolute Gasteiger partial charge is 0.497 e. The van der Waals surface area contributed by atoms with E-state index in [1.807, 2.05) is 42.5 Å². The average molecular weight is 304 g/mol. The zero-order valence-electron chi connectivity index (χ0n) is 12.4. The molecule has 4 heteroatoms. The molecule has 2 aromatic rings. The van der Waals surface area contributed by atoms with Gasteiger partial charge in [-0.3, -0.25) is 4.99 Å². The monoisotopic (exact) mass is 303 g/mol. The molecule has 0 bridgehead atoms. The van der Waals surface area contributed by atoms with E-state index in [9.17, 15) is 0 Å². The van der Waals surface area contributed by atoms with Crippen molar-refractivity contribution in [1.29, 1.82) is 0 Å². The lowest BCUT2D eigenvalue weighted by Gasteiger charge is -2.09. The van der Waals surface area contributed by atoms with Gasteiger partial charge in [-0.1, -0.05) is 36.7 Å². The number of aliphatic imine (C=N–C) groups is 1. The van der Waals surface area contributed by atoms with Crippen molar-refractivity contribution in [3.63, 3.8) is 0 Å². The van der Waals surface area contributed by atoms with Crippen molar-refractivity contribution < 1.29 is 9.47 Å². The second-order valence-corrected chi connectivity index (χ2v) is 4.87. The number of ether oxygens (including phenoxy) is 2. The minimum atomic E-state index is 0.702. The Morgan fingerprint density at radius 1 is 1.05 bits per heavy atom. The van der Waals surface area contributed by atoms with Crippen LogP contribution in [0.4, 0.5) is 5.69 Å². The second kappa shape index (κ2) is 7.14. The van der Waals surface area contributed by atoms with Crippen molar-refractivity contribution in [1.82, 2.24) is 0 Å². The minimum absolute atomic E-state index is 0.702. The molecule has 0 aliphatic heterocycles. The van der Waals surface area contributed by atoms with Gasteiger partial charge >= 0.3 is 0 Å². The molecule has 0 aromatic heterocycles. The molecule has 0 saturated heterocycles. The van der Waals surface area contributed by atoms with Crippen molar-refractivity contribution in [3.8, 4) is 11.5 Å². The first-order chi connectivity index (χ1) is 10.2. The maximum absolute atomic E-state index is 6.25. The van der Waals surface area contributed by atoms with Crippen LogP contribution in [0.2, 0.25) is 5.02 Å². The quantitative estimate of drug-likeness (QED) is 0.736. The van der Waals surface area contributed by atoms with Gasteiger partial charge in [-0.25, -0.2) is 0 Å². The molecule has 2 rings (SSSR count). The van der Waals surface area contributed by atoms with Crippen molar-refractivity contribution >= 4 is 23.0 Å². The summed E-state index contributed by atoms with van der Waals surface area (Å²) in [6.07, 6.45) is 0.781. The standard InChI is InChI=1S/C17H18ClNO2/c1-4-17(15-7-5-6-8-16(15)18)19-12-9-13(20-2)11-14(10-12)21-3/h5-11H,4H2,1-3H3/b19-17-. The maximum atomic E-state index is 6.25. The number of hydrogen-bond acceptors (Lipinski definition) is 3. The van der Waals surface area contributed by atoms with Gasteiger partial charge < -0.3 is 9.47 Å². The molecule has 0 atom stereocenters. The van der Waals surface area contributed by atoms with Crippen LogP contribution in [0.1, 0.15) is 18.9 Å². The normalized spacial score (nSPS) is 11.3. The van der Waals surface area contributed by atoms with E-state index in [1.54, 1.807) is 14.2 Å². The summed E-state index contributed by atoms with van der Waals surface area (Å²) in [7, 11) is 3.24. The van der Waals surface area contributed by atoms with Crippen LogP contribution in [0.3, 0.4) is 0 Å². The average Bonchev–Trinajstić information content (AvgIpc) is 2.53. The molecule has 0 amide bonds. The topological polar surface area (TPSA) is 30.8 Å². The Hall–Kier alpha value is -2.00. The third kappa shape index (κ3) is 3.76. The molecule has 21 heavy (non-hydrogen) atoms.